The predicted octanol–water partition coefficient (Wildman–Crippen LogP) is 4.57. The summed E-state index contributed by atoms with van der Waals surface area (Å²) in [7, 11) is 0. The van der Waals surface area contributed by atoms with E-state index in [4.69, 9.17) is 9.73 Å². The third-order valence-electron chi connectivity index (χ3n) is 4.78. The van der Waals surface area contributed by atoms with E-state index in [-0.39, 0.29) is 5.54 Å². The van der Waals surface area contributed by atoms with Crippen LogP contribution in [0.2, 0.25) is 0 Å². The molecule has 3 nitrogen and oxygen atoms in total. The van der Waals surface area contributed by atoms with Gasteiger partial charge >= 0.3 is 0 Å². The molecule has 2 aliphatic rings. The smallest absolute Gasteiger partial charge is 0.124 e. The van der Waals surface area contributed by atoms with Crippen LogP contribution < -0.4 is 5.32 Å². The highest BCUT2D eigenvalue weighted by Gasteiger charge is 2.41. The second kappa shape index (κ2) is 6.62. The Kier molecular flexibility index (Phi) is 4.50. The summed E-state index contributed by atoms with van der Waals surface area (Å²) < 4.78 is 8.03. The molecule has 0 radical (unpaired) electrons. The molecule has 1 spiro atoms. The van der Waals surface area contributed by atoms with Crippen LogP contribution in [-0.4, -0.2) is 19.0 Å². The first-order valence-electron chi connectivity index (χ1n) is 8.08. The van der Waals surface area contributed by atoms with Crippen molar-refractivity contribution in [1.29, 1.82) is 0 Å². The number of hydrogen-bond donors (Lipinski definition) is 1. The number of nitrogens with zero attached hydrogens (tertiary/aromatic N) is 1. The second-order valence-corrected chi connectivity index (χ2v) is 8.13. The minimum Gasteiger partial charge on any atom is -0.371 e. The molecule has 0 saturated carbocycles. The van der Waals surface area contributed by atoms with Gasteiger partial charge in [0, 0.05) is 8.95 Å². The Bertz CT molecular complexity index is 802. The predicted molar refractivity (Wildman–Crippen MR) is 103 cm³/mol. The van der Waals surface area contributed by atoms with E-state index in [9.17, 15) is 0 Å². The molecular formula is C19H18Br2N2O. The van der Waals surface area contributed by atoms with Gasteiger partial charge in [-0.15, -0.1) is 0 Å². The van der Waals surface area contributed by atoms with Crippen molar-refractivity contribution in [3.05, 3.63) is 68.1 Å². The van der Waals surface area contributed by atoms with Crippen molar-refractivity contribution in [2.24, 2.45) is 4.99 Å². The minimum atomic E-state index is -0.107. The lowest BCUT2D eigenvalue weighted by atomic mass is 9.91. The fourth-order valence-electron chi connectivity index (χ4n) is 3.55. The summed E-state index contributed by atoms with van der Waals surface area (Å²) in [5.74, 6) is 0.938. The number of hydrogen-bond acceptors (Lipinski definition) is 2. The minimum absolute atomic E-state index is 0.107. The second-order valence-electron chi connectivity index (χ2n) is 6.36. The SMILES string of the molecule is Brc1ccc(CN=C2COCC3(CCc4ccccc43)N2)c(Br)c1. The molecule has 1 aliphatic carbocycles. The fraction of sp³-hybridized carbons (Fsp3) is 0.316. The number of rotatable bonds is 2. The average molecular weight is 450 g/mol. The van der Waals surface area contributed by atoms with Crippen LogP contribution in [0.1, 0.15) is 23.1 Å². The molecule has 2 aromatic rings. The van der Waals surface area contributed by atoms with Crippen LogP contribution in [0.15, 0.2) is 56.4 Å². The summed E-state index contributed by atoms with van der Waals surface area (Å²) in [6, 6.07) is 14.8. The molecule has 4 rings (SSSR count). The summed E-state index contributed by atoms with van der Waals surface area (Å²) in [5, 5.41) is 3.69. The number of amidine groups is 1. The summed E-state index contributed by atoms with van der Waals surface area (Å²) >= 11 is 7.08. The number of ether oxygens (including phenoxy) is 1. The number of aliphatic imine (C=N–C) groups is 1. The average Bonchev–Trinajstić information content (AvgIpc) is 2.93. The van der Waals surface area contributed by atoms with Crippen LogP contribution in [0.5, 0.6) is 0 Å². The topological polar surface area (TPSA) is 33.6 Å². The number of aryl methyl sites for hydroxylation is 1. The maximum atomic E-state index is 5.90. The first-order chi connectivity index (χ1) is 11.7. The van der Waals surface area contributed by atoms with Gasteiger partial charge in [-0.2, -0.15) is 0 Å². The Morgan fingerprint density at radius 1 is 1.17 bits per heavy atom. The van der Waals surface area contributed by atoms with Gasteiger partial charge in [0.1, 0.15) is 12.4 Å². The standard InChI is InChI=1S/C19H18Br2N2O/c20-15-6-5-14(17(21)9-15)10-22-18-11-24-12-19(23-18)8-7-13-3-1-2-4-16(13)19/h1-6,9H,7-8,10-12H2,(H,22,23). The van der Waals surface area contributed by atoms with Crippen LogP contribution in [0.3, 0.4) is 0 Å². The molecule has 124 valence electrons. The van der Waals surface area contributed by atoms with E-state index in [1.54, 1.807) is 0 Å². The van der Waals surface area contributed by atoms with Crippen LogP contribution in [-0.2, 0) is 23.2 Å². The van der Waals surface area contributed by atoms with E-state index in [1.165, 1.54) is 16.7 Å². The molecule has 2 aromatic carbocycles. The van der Waals surface area contributed by atoms with Crippen LogP contribution in [0.4, 0.5) is 0 Å². The molecule has 1 unspecified atom stereocenters. The highest BCUT2D eigenvalue weighted by Crippen LogP contribution is 2.38. The molecular weight excluding hydrogens is 432 g/mol. The fourth-order valence-corrected chi connectivity index (χ4v) is 4.73. The molecule has 1 N–H and O–H groups in total. The van der Waals surface area contributed by atoms with E-state index < -0.39 is 0 Å². The zero-order chi connectivity index (χ0) is 16.6. The highest BCUT2D eigenvalue weighted by molar-refractivity contribution is 9.11. The van der Waals surface area contributed by atoms with Gasteiger partial charge in [-0.25, -0.2) is 0 Å². The maximum absolute atomic E-state index is 5.90. The lowest BCUT2D eigenvalue weighted by molar-refractivity contribution is 0.0764. The number of nitrogens with one attached hydrogen (secondary N) is 1. The quantitative estimate of drug-likeness (QED) is 0.728. The van der Waals surface area contributed by atoms with Crippen LogP contribution in [0.25, 0.3) is 0 Å². The largest absolute Gasteiger partial charge is 0.371 e. The van der Waals surface area contributed by atoms with Crippen LogP contribution in [0, 0.1) is 0 Å². The van der Waals surface area contributed by atoms with Crippen molar-refractivity contribution >= 4 is 37.7 Å². The van der Waals surface area contributed by atoms with E-state index in [0.717, 1.165) is 27.6 Å². The zero-order valence-corrected chi connectivity index (χ0v) is 16.4. The zero-order valence-electron chi connectivity index (χ0n) is 13.2. The normalized spacial score (nSPS) is 24.2. The molecule has 0 bridgehead atoms. The van der Waals surface area contributed by atoms with Gasteiger partial charge in [-0.3, -0.25) is 4.99 Å². The van der Waals surface area contributed by atoms with Crippen LogP contribution >= 0.6 is 31.9 Å². The van der Waals surface area contributed by atoms with Gasteiger partial charge in [0.05, 0.1) is 18.7 Å². The Labute approximate surface area is 158 Å². The Hall–Kier alpha value is -1.17. The first-order valence-corrected chi connectivity index (χ1v) is 9.66. The molecule has 0 amide bonds. The number of fused-ring (bicyclic) bond motifs is 2. The molecule has 1 atom stereocenters. The molecule has 1 heterocycles. The van der Waals surface area contributed by atoms with Gasteiger partial charge in [-0.1, -0.05) is 62.2 Å². The number of halogens is 2. The Morgan fingerprint density at radius 3 is 2.92 bits per heavy atom. The van der Waals surface area contributed by atoms with E-state index >= 15 is 0 Å². The van der Waals surface area contributed by atoms with Gasteiger partial charge < -0.3 is 10.1 Å². The van der Waals surface area contributed by atoms with Crippen molar-refractivity contribution in [3.63, 3.8) is 0 Å². The van der Waals surface area contributed by atoms with Crippen molar-refractivity contribution in [2.45, 2.75) is 24.9 Å². The van der Waals surface area contributed by atoms with Crippen molar-refractivity contribution < 1.29 is 4.74 Å². The van der Waals surface area contributed by atoms with Gasteiger partial charge in [-0.05, 0) is 41.7 Å². The third kappa shape index (κ3) is 3.05. The molecule has 0 aromatic heterocycles. The highest BCUT2D eigenvalue weighted by atomic mass is 79.9. The van der Waals surface area contributed by atoms with Crippen molar-refractivity contribution in [3.8, 4) is 0 Å². The van der Waals surface area contributed by atoms with Crippen molar-refractivity contribution in [1.82, 2.24) is 5.32 Å². The summed E-state index contributed by atoms with van der Waals surface area (Å²) in [6.45, 7) is 1.90. The molecule has 1 saturated heterocycles. The van der Waals surface area contributed by atoms with Gasteiger partial charge in [0.15, 0.2) is 0 Å². The maximum Gasteiger partial charge on any atom is 0.124 e. The lowest BCUT2D eigenvalue weighted by Crippen LogP contribution is -2.53. The Morgan fingerprint density at radius 2 is 2.04 bits per heavy atom. The number of morpholine rings is 1. The van der Waals surface area contributed by atoms with E-state index in [1.807, 2.05) is 6.07 Å². The monoisotopic (exact) mass is 448 g/mol. The summed E-state index contributed by atoms with van der Waals surface area (Å²) in [4.78, 5) is 4.77. The van der Waals surface area contributed by atoms with Gasteiger partial charge in [0.25, 0.3) is 0 Å². The number of benzene rings is 2. The molecule has 1 fully saturated rings. The molecule has 1 aliphatic heterocycles. The van der Waals surface area contributed by atoms with E-state index in [0.29, 0.717) is 19.8 Å². The van der Waals surface area contributed by atoms with Gasteiger partial charge in [0.2, 0.25) is 0 Å². The third-order valence-corrected chi connectivity index (χ3v) is 6.01. The first kappa shape index (κ1) is 16.3. The summed E-state index contributed by atoms with van der Waals surface area (Å²) in [6.07, 6.45) is 2.16. The van der Waals surface area contributed by atoms with Crippen molar-refractivity contribution in [2.75, 3.05) is 13.2 Å². The van der Waals surface area contributed by atoms with E-state index in [2.05, 4.69) is 73.6 Å². The Balaban J connectivity index is 1.55. The molecule has 5 heteroatoms. The lowest BCUT2D eigenvalue weighted by Gasteiger charge is -2.37. The summed E-state index contributed by atoms with van der Waals surface area (Å²) in [5.41, 5.74) is 3.84. The molecule has 24 heavy (non-hydrogen) atoms.